The quantitative estimate of drug-likeness (QED) is 0.782. The molecule has 0 aliphatic carbocycles. The summed E-state index contributed by atoms with van der Waals surface area (Å²) in [7, 11) is -0.919. The van der Waals surface area contributed by atoms with E-state index in [1.807, 2.05) is 0 Å². The van der Waals surface area contributed by atoms with Gasteiger partial charge in [0.1, 0.15) is 11.5 Å². The summed E-state index contributed by atoms with van der Waals surface area (Å²) in [5.41, 5.74) is 0.236. The van der Waals surface area contributed by atoms with Crippen LogP contribution in [0, 0.1) is 0 Å². The number of rotatable bonds is 4. The fourth-order valence-corrected chi connectivity index (χ4v) is 1.51. The van der Waals surface area contributed by atoms with Crippen LogP contribution in [-0.2, 0) is 10.2 Å². The zero-order chi connectivity index (χ0) is 11.5. The topological polar surface area (TPSA) is 90.7 Å². The van der Waals surface area contributed by atoms with E-state index in [9.17, 15) is 8.42 Å². The van der Waals surface area contributed by atoms with Gasteiger partial charge < -0.3 is 9.47 Å². The average molecular weight is 232 g/mol. The maximum absolute atomic E-state index is 10.8. The lowest BCUT2D eigenvalue weighted by molar-refractivity contribution is 0.405. The van der Waals surface area contributed by atoms with Crippen LogP contribution in [0.2, 0.25) is 0 Å². The largest absolute Gasteiger partial charge is 0.497 e. The summed E-state index contributed by atoms with van der Waals surface area (Å²) in [5, 5.41) is 4.85. The molecule has 0 unspecified atom stereocenters. The fraction of sp³-hybridized carbons (Fsp3) is 0.250. The molecular weight excluding hydrogens is 220 g/mol. The molecule has 0 saturated carbocycles. The van der Waals surface area contributed by atoms with E-state index in [0.29, 0.717) is 11.5 Å². The first-order chi connectivity index (χ1) is 6.96. The SMILES string of the molecule is COc1ccc(OC)c(NS(N)(=O)=O)c1. The predicted octanol–water partition coefficient (Wildman–Crippen LogP) is 0.319. The minimum Gasteiger partial charge on any atom is -0.497 e. The number of nitrogens with two attached hydrogens (primary N) is 1. The van der Waals surface area contributed by atoms with Gasteiger partial charge in [-0.3, -0.25) is 4.72 Å². The van der Waals surface area contributed by atoms with Crippen LogP contribution in [0.4, 0.5) is 5.69 Å². The standard InChI is InChI=1S/C8H12N2O4S/c1-13-6-3-4-8(14-2)7(5-6)10-15(9,11)12/h3-5,10H,1-2H3,(H2,9,11,12). The first-order valence-electron chi connectivity index (χ1n) is 3.99. The molecule has 1 rings (SSSR count). The summed E-state index contributed by atoms with van der Waals surface area (Å²) in [5.74, 6) is 0.867. The summed E-state index contributed by atoms with van der Waals surface area (Å²) < 4.78 is 33.7. The van der Waals surface area contributed by atoms with Crippen molar-refractivity contribution in [2.24, 2.45) is 5.14 Å². The van der Waals surface area contributed by atoms with Crippen LogP contribution in [0.25, 0.3) is 0 Å². The molecule has 3 N–H and O–H groups in total. The summed E-state index contributed by atoms with van der Waals surface area (Å²) in [6.07, 6.45) is 0. The normalized spacial score (nSPS) is 10.9. The van der Waals surface area contributed by atoms with Gasteiger partial charge in [-0.25, -0.2) is 5.14 Å². The number of anilines is 1. The Bertz CT molecular complexity index is 444. The molecule has 0 atom stereocenters. The molecule has 0 spiro atoms. The second kappa shape index (κ2) is 4.37. The number of ether oxygens (including phenoxy) is 2. The molecule has 84 valence electrons. The van der Waals surface area contributed by atoms with Crippen LogP contribution < -0.4 is 19.3 Å². The molecule has 0 heterocycles. The summed E-state index contributed by atoms with van der Waals surface area (Å²) in [4.78, 5) is 0. The fourth-order valence-electron chi connectivity index (χ4n) is 1.05. The Labute approximate surface area is 88.2 Å². The zero-order valence-corrected chi connectivity index (χ0v) is 9.17. The molecule has 0 amide bonds. The molecule has 6 nitrogen and oxygen atoms in total. The van der Waals surface area contributed by atoms with E-state index < -0.39 is 10.2 Å². The molecule has 1 aromatic carbocycles. The van der Waals surface area contributed by atoms with E-state index in [0.717, 1.165) is 0 Å². The van der Waals surface area contributed by atoms with Gasteiger partial charge in [-0.2, -0.15) is 8.42 Å². The van der Waals surface area contributed by atoms with Crippen molar-refractivity contribution in [3.8, 4) is 11.5 Å². The van der Waals surface area contributed by atoms with Crippen LogP contribution in [0.1, 0.15) is 0 Å². The predicted molar refractivity (Wildman–Crippen MR) is 56.3 cm³/mol. The first kappa shape index (κ1) is 11.6. The van der Waals surface area contributed by atoms with E-state index in [1.165, 1.54) is 20.3 Å². The van der Waals surface area contributed by atoms with Gasteiger partial charge in [-0.15, -0.1) is 0 Å². The molecule has 0 aliphatic heterocycles. The summed E-state index contributed by atoms with van der Waals surface area (Å²) in [6.45, 7) is 0. The van der Waals surface area contributed by atoms with Crippen molar-refractivity contribution in [2.45, 2.75) is 0 Å². The van der Waals surface area contributed by atoms with E-state index in [1.54, 1.807) is 12.1 Å². The van der Waals surface area contributed by atoms with Crippen LogP contribution >= 0.6 is 0 Å². The third kappa shape index (κ3) is 3.30. The van der Waals surface area contributed by atoms with E-state index in [2.05, 4.69) is 4.72 Å². The van der Waals surface area contributed by atoms with Gasteiger partial charge in [0.2, 0.25) is 0 Å². The number of nitrogens with one attached hydrogen (secondary N) is 1. The highest BCUT2D eigenvalue weighted by Gasteiger charge is 2.09. The maximum atomic E-state index is 10.8. The molecule has 0 fully saturated rings. The van der Waals surface area contributed by atoms with Gasteiger partial charge in [-0.1, -0.05) is 0 Å². The number of hydrogen-bond donors (Lipinski definition) is 2. The van der Waals surface area contributed by atoms with Gasteiger partial charge >= 0.3 is 0 Å². The molecule has 15 heavy (non-hydrogen) atoms. The molecule has 0 aromatic heterocycles. The van der Waals surface area contributed by atoms with Crippen molar-refractivity contribution in [2.75, 3.05) is 18.9 Å². The first-order valence-corrected chi connectivity index (χ1v) is 5.53. The second-order valence-electron chi connectivity index (χ2n) is 2.71. The van der Waals surface area contributed by atoms with Crippen molar-refractivity contribution < 1.29 is 17.9 Å². The Morgan fingerprint density at radius 1 is 1.27 bits per heavy atom. The lowest BCUT2D eigenvalue weighted by atomic mass is 10.3. The molecule has 0 saturated heterocycles. The maximum Gasteiger partial charge on any atom is 0.296 e. The highest BCUT2D eigenvalue weighted by Crippen LogP contribution is 2.29. The number of methoxy groups -OCH3 is 2. The van der Waals surface area contributed by atoms with Crippen molar-refractivity contribution >= 4 is 15.9 Å². The van der Waals surface area contributed by atoms with Gasteiger partial charge in [-0.05, 0) is 12.1 Å². The van der Waals surface area contributed by atoms with E-state index in [4.69, 9.17) is 14.6 Å². The summed E-state index contributed by atoms with van der Waals surface area (Å²) >= 11 is 0. The van der Waals surface area contributed by atoms with Gasteiger partial charge in [0.05, 0.1) is 19.9 Å². The molecule has 0 aliphatic rings. The van der Waals surface area contributed by atoms with Crippen LogP contribution in [-0.4, -0.2) is 22.6 Å². The third-order valence-electron chi connectivity index (χ3n) is 1.66. The molecule has 1 aromatic rings. The molecule has 7 heteroatoms. The highest BCUT2D eigenvalue weighted by atomic mass is 32.2. The van der Waals surface area contributed by atoms with Gasteiger partial charge in [0.25, 0.3) is 10.2 Å². The van der Waals surface area contributed by atoms with Crippen LogP contribution in [0.15, 0.2) is 18.2 Å². The monoisotopic (exact) mass is 232 g/mol. The van der Waals surface area contributed by atoms with Crippen molar-refractivity contribution in [1.82, 2.24) is 0 Å². The average Bonchev–Trinajstić information content (AvgIpc) is 2.15. The van der Waals surface area contributed by atoms with Gasteiger partial charge in [0, 0.05) is 6.07 Å². The number of benzene rings is 1. The Kier molecular flexibility index (Phi) is 3.38. The Balaban J connectivity index is 3.12. The molecular formula is C8H12N2O4S. The Hall–Kier alpha value is -1.47. The highest BCUT2D eigenvalue weighted by molar-refractivity contribution is 7.90. The zero-order valence-electron chi connectivity index (χ0n) is 8.35. The van der Waals surface area contributed by atoms with E-state index in [-0.39, 0.29) is 5.69 Å². The molecule has 0 bridgehead atoms. The van der Waals surface area contributed by atoms with Crippen LogP contribution in [0.3, 0.4) is 0 Å². The smallest absolute Gasteiger partial charge is 0.296 e. The van der Waals surface area contributed by atoms with Gasteiger partial charge in [0.15, 0.2) is 0 Å². The second-order valence-corrected chi connectivity index (χ2v) is 4.01. The lowest BCUT2D eigenvalue weighted by Gasteiger charge is -2.10. The number of hydrogen-bond acceptors (Lipinski definition) is 4. The van der Waals surface area contributed by atoms with E-state index >= 15 is 0 Å². The Morgan fingerprint density at radius 3 is 2.40 bits per heavy atom. The van der Waals surface area contributed by atoms with Crippen molar-refractivity contribution in [1.29, 1.82) is 0 Å². The van der Waals surface area contributed by atoms with Crippen LogP contribution in [0.5, 0.6) is 11.5 Å². The minimum absolute atomic E-state index is 0.236. The summed E-state index contributed by atoms with van der Waals surface area (Å²) in [6, 6.07) is 4.70. The lowest BCUT2D eigenvalue weighted by Crippen LogP contribution is -2.22. The van der Waals surface area contributed by atoms with Crippen molar-refractivity contribution in [3.05, 3.63) is 18.2 Å². The van der Waals surface area contributed by atoms with Crippen molar-refractivity contribution in [3.63, 3.8) is 0 Å². The molecule has 0 radical (unpaired) electrons. The Morgan fingerprint density at radius 2 is 1.93 bits per heavy atom. The third-order valence-corrected chi connectivity index (χ3v) is 2.16. The minimum atomic E-state index is -3.82.